The third-order valence-electron chi connectivity index (χ3n) is 3.38. The summed E-state index contributed by atoms with van der Waals surface area (Å²) in [5, 5.41) is 6.94. The molecule has 0 aromatic carbocycles. The number of hydrogen-bond acceptors (Lipinski definition) is 4. The molecule has 2 aromatic heterocycles. The number of aryl methyl sites for hydroxylation is 2. The van der Waals surface area contributed by atoms with Gasteiger partial charge in [-0.25, -0.2) is 9.97 Å². The summed E-state index contributed by atoms with van der Waals surface area (Å²) in [7, 11) is 0. The Balaban J connectivity index is 2.03. The van der Waals surface area contributed by atoms with E-state index in [2.05, 4.69) is 52.2 Å². The summed E-state index contributed by atoms with van der Waals surface area (Å²) >= 11 is 1.73. The molecule has 110 valence electrons. The minimum atomic E-state index is 0.407. The second-order valence-corrected chi connectivity index (χ2v) is 6.11. The molecule has 5 heteroatoms. The lowest BCUT2D eigenvalue weighted by atomic mass is 10.1. The molecule has 0 spiro atoms. The molecule has 0 aliphatic carbocycles. The van der Waals surface area contributed by atoms with Crippen molar-refractivity contribution in [3.8, 4) is 0 Å². The van der Waals surface area contributed by atoms with E-state index in [4.69, 9.17) is 0 Å². The number of aromatic nitrogens is 3. The molecule has 0 aliphatic heterocycles. The minimum absolute atomic E-state index is 0.407. The van der Waals surface area contributed by atoms with Crippen LogP contribution >= 0.6 is 11.3 Å². The van der Waals surface area contributed by atoms with Gasteiger partial charge in [0.25, 0.3) is 0 Å². The fourth-order valence-electron chi connectivity index (χ4n) is 2.36. The summed E-state index contributed by atoms with van der Waals surface area (Å²) in [6.07, 6.45) is 7.02. The topological polar surface area (TPSA) is 42.7 Å². The van der Waals surface area contributed by atoms with Crippen LogP contribution < -0.4 is 5.32 Å². The Kier molecular flexibility index (Phi) is 5.73. The molecule has 0 radical (unpaired) electrons. The van der Waals surface area contributed by atoms with Crippen LogP contribution in [0, 0.1) is 6.92 Å². The van der Waals surface area contributed by atoms with Gasteiger partial charge in [0.1, 0.15) is 5.82 Å². The highest BCUT2D eigenvalue weighted by atomic mass is 32.1. The molecule has 0 fully saturated rings. The number of imidazole rings is 1. The van der Waals surface area contributed by atoms with Crippen LogP contribution in [0.3, 0.4) is 0 Å². The Morgan fingerprint density at radius 1 is 1.35 bits per heavy atom. The first kappa shape index (κ1) is 15.2. The van der Waals surface area contributed by atoms with Crippen molar-refractivity contribution in [2.24, 2.45) is 0 Å². The van der Waals surface area contributed by atoms with Gasteiger partial charge in [-0.1, -0.05) is 6.92 Å². The monoisotopic (exact) mass is 292 g/mol. The standard InChI is InChI=1S/C15H24N4S/c1-4-6-16-13(9-14-11-20-12(3)18-14)10-15-17-7-8-19(15)5-2/h7-8,11,13,16H,4-6,9-10H2,1-3H3. The van der Waals surface area contributed by atoms with Gasteiger partial charge in [-0.15, -0.1) is 11.3 Å². The van der Waals surface area contributed by atoms with E-state index in [9.17, 15) is 0 Å². The SMILES string of the molecule is CCCNC(Cc1csc(C)n1)Cc1nccn1CC. The van der Waals surface area contributed by atoms with Gasteiger partial charge in [-0.2, -0.15) is 0 Å². The Bertz CT molecular complexity index is 517. The number of nitrogens with zero attached hydrogens (tertiary/aromatic N) is 3. The Labute approximate surface area is 125 Å². The van der Waals surface area contributed by atoms with Crippen LogP contribution in [-0.4, -0.2) is 27.1 Å². The zero-order valence-corrected chi connectivity index (χ0v) is 13.4. The van der Waals surface area contributed by atoms with E-state index in [1.54, 1.807) is 11.3 Å². The highest BCUT2D eigenvalue weighted by molar-refractivity contribution is 7.09. The lowest BCUT2D eigenvalue weighted by Gasteiger charge is -2.18. The Morgan fingerprint density at radius 2 is 2.20 bits per heavy atom. The van der Waals surface area contributed by atoms with Crippen LogP contribution in [0.1, 0.15) is 36.8 Å². The predicted octanol–water partition coefficient (Wildman–Crippen LogP) is 2.82. The van der Waals surface area contributed by atoms with Crippen molar-refractivity contribution in [3.63, 3.8) is 0 Å². The number of rotatable bonds is 8. The van der Waals surface area contributed by atoms with Crippen molar-refractivity contribution < 1.29 is 0 Å². The van der Waals surface area contributed by atoms with Gasteiger partial charge in [0.05, 0.1) is 10.7 Å². The van der Waals surface area contributed by atoms with Crippen molar-refractivity contribution in [1.82, 2.24) is 19.9 Å². The molecule has 0 amide bonds. The predicted molar refractivity (Wildman–Crippen MR) is 84.2 cm³/mol. The molecule has 2 rings (SSSR count). The highest BCUT2D eigenvalue weighted by Gasteiger charge is 2.14. The van der Waals surface area contributed by atoms with Crippen molar-refractivity contribution >= 4 is 11.3 Å². The van der Waals surface area contributed by atoms with Crippen molar-refractivity contribution in [3.05, 3.63) is 34.3 Å². The molecule has 0 bridgehead atoms. The molecule has 1 unspecified atom stereocenters. The van der Waals surface area contributed by atoms with E-state index < -0.39 is 0 Å². The molecule has 4 nitrogen and oxygen atoms in total. The van der Waals surface area contributed by atoms with E-state index in [0.29, 0.717) is 6.04 Å². The van der Waals surface area contributed by atoms with Crippen molar-refractivity contribution in [1.29, 1.82) is 0 Å². The Morgan fingerprint density at radius 3 is 2.85 bits per heavy atom. The van der Waals surface area contributed by atoms with Crippen LogP contribution in [0.5, 0.6) is 0 Å². The lowest BCUT2D eigenvalue weighted by molar-refractivity contribution is 0.482. The summed E-state index contributed by atoms with van der Waals surface area (Å²) in [5.74, 6) is 1.16. The molecule has 1 atom stereocenters. The number of hydrogen-bond donors (Lipinski definition) is 1. The summed E-state index contributed by atoms with van der Waals surface area (Å²) in [6.45, 7) is 8.44. The molecule has 0 saturated carbocycles. The first-order chi connectivity index (χ1) is 9.72. The fourth-order valence-corrected chi connectivity index (χ4v) is 2.98. The van der Waals surface area contributed by atoms with Gasteiger partial charge in [-0.3, -0.25) is 0 Å². The Hall–Kier alpha value is -1.20. The molecular formula is C15H24N4S. The molecule has 20 heavy (non-hydrogen) atoms. The van der Waals surface area contributed by atoms with E-state index >= 15 is 0 Å². The normalized spacial score (nSPS) is 12.8. The average Bonchev–Trinajstić information content (AvgIpc) is 3.05. The van der Waals surface area contributed by atoms with Gasteiger partial charge in [0, 0.05) is 43.2 Å². The smallest absolute Gasteiger partial charge is 0.110 e. The van der Waals surface area contributed by atoms with Gasteiger partial charge in [0.2, 0.25) is 0 Å². The lowest BCUT2D eigenvalue weighted by Crippen LogP contribution is -2.34. The van der Waals surface area contributed by atoms with E-state index in [0.717, 1.165) is 43.2 Å². The maximum Gasteiger partial charge on any atom is 0.110 e. The molecule has 2 aromatic rings. The zero-order chi connectivity index (χ0) is 14.4. The average molecular weight is 292 g/mol. The van der Waals surface area contributed by atoms with Crippen molar-refractivity contribution in [2.75, 3.05) is 6.54 Å². The molecular weight excluding hydrogens is 268 g/mol. The second kappa shape index (κ2) is 7.55. The van der Waals surface area contributed by atoms with Crippen LogP contribution in [0.15, 0.2) is 17.8 Å². The van der Waals surface area contributed by atoms with Crippen LogP contribution in [0.25, 0.3) is 0 Å². The summed E-state index contributed by atoms with van der Waals surface area (Å²) in [4.78, 5) is 9.07. The van der Waals surface area contributed by atoms with Gasteiger partial charge in [0.15, 0.2) is 0 Å². The zero-order valence-electron chi connectivity index (χ0n) is 12.6. The summed E-state index contributed by atoms with van der Waals surface area (Å²) in [6, 6.07) is 0.407. The van der Waals surface area contributed by atoms with E-state index in [1.165, 1.54) is 5.69 Å². The molecule has 1 N–H and O–H groups in total. The van der Waals surface area contributed by atoms with E-state index in [1.807, 2.05) is 6.20 Å². The quantitative estimate of drug-likeness (QED) is 0.813. The third kappa shape index (κ3) is 4.15. The maximum atomic E-state index is 4.58. The van der Waals surface area contributed by atoms with Gasteiger partial charge < -0.3 is 9.88 Å². The first-order valence-electron chi connectivity index (χ1n) is 7.37. The molecule has 0 saturated heterocycles. The molecule has 0 aliphatic rings. The van der Waals surface area contributed by atoms with Crippen LogP contribution in [0.4, 0.5) is 0 Å². The van der Waals surface area contributed by atoms with E-state index in [-0.39, 0.29) is 0 Å². The van der Waals surface area contributed by atoms with Crippen LogP contribution in [-0.2, 0) is 19.4 Å². The first-order valence-corrected chi connectivity index (χ1v) is 8.25. The fraction of sp³-hybridized carbons (Fsp3) is 0.600. The highest BCUT2D eigenvalue weighted by Crippen LogP contribution is 2.12. The number of nitrogens with one attached hydrogen (secondary N) is 1. The summed E-state index contributed by atoms with van der Waals surface area (Å²) in [5.41, 5.74) is 1.19. The largest absolute Gasteiger partial charge is 0.335 e. The van der Waals surface area contributed by atoms with Gasteiger partial charge >= 0.3 is 0 Å². The van der Waals surface area contributed by atoms with Gasteiger partial charge in [-0.05, 0) is 26.8 Å². The third-order valence-corrected chi connectivity index (χ3v) is 4.20. The number of thiazole rings is 1. The summed E-state index contributed by atoms with van der Waals surface area (Å²) < 4.78 is 2.22. The molecule has 2 heterocycles. The van der Waals surface area contributed by atoms with Crippen molar-refractivity contribution in [2.45, 2.75) is 52.6 Å². The maximum absolute atomic E-state index is 4.58. The van der Waals surface area contributed by atoms with Crippen LogP contribution in [0.2, 0.25) is 0 Å². The minimum Gasteiger partial charge on any atom is -0.335 e. The second-order valence-electron chi connectivity index (χ2n) is 5.05.